The molecule has 31 heavy (non-hydrogen) atoms. The van der Waals surface area contributed by atoms with Gasteiger partial charge < -0.3 is 10.4 Å². The van der Waals surface area contributed by atoms with Gasteiger partial charge in [0.05, 0.1) is 5.92 Å². The molecule has 4 aromatic rings. The molecule has 0 bridgehead atoms. The maximum atomic E-state index is 12.3. The fourth-order valence-corrected chi connectivity index (χ4v) is 5.19. The zero-order valence-electron chi connectivity index (χ0n) is 17.2. The lowest BCUT2D eigenvalue weighted by Crippen LogP contribution is -2.50. The molecule has 1 fully saturated rings. The minimum atomic E-state index is -0.718. The lowest BCUT2D eigenvalue weighted by Gasteiger charge is -2.51. The van der Waals surface area contributed by atoms with Gasteiger partial charge >= 0.3 is 5.97 Å². The molecular formula is C28H25NO2. The fraction of sp³-hybridized carbons (Fsp3) is 0.179. The average molecular weight is 408 g/mol. The van der Waals surface area contributed by atoms with E-state index in [1.807, 2.05) is 48.5 Å². The summed E-state index contributed by atoms with van der Waals surface area (Å²) >= 11 is 0. The highest BCUT2D eigenvalue weighted by atomic mass is 16.4. The van der Waals surface area contributed by atoms with Crippen LogP contribution in [-0.2, 0) is 4.79 Å². The number of nitrogens with one attached hydrogen (secondary N) is 1. The van der Waals surface area contributed by atoms with Crippen LogP contribution in [0.2, 0.25) is 0 Å². The Balaban J connectivity index is 1.46. The number of anilines is 1. The van der Waals surface area contributed by atoms with E-state index in [1.165, 1.54) is 10.8 Å². The maximum absolute atomic E-state index is 12.3. The van der Waals surface area contributed by atoms with Crippen LogP contribution in [0.3, 0.4) is 0 Å². The number of aliphatic carboxylic acids is 1. The molecule has 3 nitrogen and oxygen atoms in total. The quantitative estimate of drug-likeness (QED) is 0.403. The Morgan fingerprint density at radius 2 is 1.26 bits per heavy atom. The normalized spacial score (nSPS) is 22.6. The molecule has 0 radical (unpaired) electrons. The average Bonchev–Trinajstić information content (AvgIpc) is 2.79. The Morgan fingerprint density at radius 3 is 1.84 bits per heavy atom. The van der Waals surface area contributed by atoms with Crippen LogP contribution in [0, 0.1) is 11.8 Å². The van der Waals surface area contributed by atoms with Crippen LogP contribution < -0.4 is 5.32 Å². The van der Waals surface area contributed by atoms with Gasteiger partial charge in [-0.2, -0.15) is 0 Å². The summed E-state index contributed by atoms with van der Waals surface area (Å²) in [5, 5.41) is 16.1. The second kappa shape index (κ2) is 8.27. The van der Waals surface area contributed by atoms with Crippen molar-refractivity contribution in [2.24, 2.45) is 11.8 Å². The van der Waals surface area contributed by atoms with Crippen LogP contribution >= 0.6 is 0 Å². The van der Waals surface area contributed by atoms with Gasteiger partial charge in [0.15, 0.2) is 0 Å². The van der Waals surface area contributed by atoms with Gasteiger partial charge in [-0.15, -0.1) is 0 Å². The number of benzene rings is 4. The van der Waals surface area contributed by atoms with Crippen molar-refractivity contribution in [3.05, 3.63) is 114 Å². The van der Waals surface area contributed by atoms with Crippen molar-refractivity contribution in [3.8, 4) is 0 Å². The zero-order valence-corrected chi connectivity index (χ0v) is 17.2. The number of carboxylic acids is 1. The number of rotatable bonds is 6. The molecule has 0 aromatic heterocycles. The monoisotopic (exact) mass is 407 g/mol. The SMILES string of the molecule is O=C(O)C1[C@H](c2ccccc2)C(CNc2ccc3ccccc3c2)[C@H]1c1ccccc1. The summed E-state index contributed by atoms with van der Waals surface area (Å²) in [5.41, 5.74) is 3.27. The van der Waals surface area contributed by atoms with E-state index in [4.69, 9.17) is 0 Å². The van der Waals surface area contributed by atoms with E-state index in [0.717, 1.165) is 23.4 Å². The summed E-state index contributed by atoms with van der Waals surface area (Å²) < 4.78 is 0. The Morgan fingerprint density at radius 1 is 0.710 bits per heavy atom. The van der Waals surface area contributed by atoms with Crippen molar-refractivity contribution in [2.45, 2.75) is 11.8 Å². The molecule has 154 valence electrons. The van der Waals surface area contributed by atoms with Gasteiger partial charge in [-0.05, 0) is 39.9 Å². The molecule has 1 saturated carbocycles. The van der Waals surface area contributed by atoms with Crippen LogP contribution in [0.15, 0.2) is 103 Å². The zero-order chi connectivity index (χ0) is 21.2. The van der Waals surface area contributed by atoms with Crippen molar-refractivity contribution in [2.75, 3.05) is 11.9 Å². The van der Waals surface area contributed by atoms with Gasteiger partial charge in [-0.1, -0.05) is 91.0 Å². The molecule has 1 aliphatic carbocycles. The van der Waals surface area contributed by atoms with E-state index in [2.05, 4.69) is 59.9 Å². The number of hydrogen-bond donors (Lipinski definition) is 2. The minimum absolute atomic E-state index is 0.0168. The topological polar surface area (TPSA) is 49.3 Å². The summed E-state index contributed by atoms with van der Waals surface area (Å²) in [7, 11) is 0. The highest BCUT2D eigenvalue weighted by molar-refractivity contribution is 5.85. The standard InChI is InChI=1S/C28H25NO2/c30-28(31)27-25(20-10-3-1-4-11-20)24(26(27)21-12-5-2-6-13-21)18-29-23-16-15-19-9-7-8-14-22(19)17-23/h1-17,24-27,29H,18H2,(H,30,31)/t24?,25-,26-,27?/m1/s1. The second-order valence-electron chi connectivity index (χ2n) is 8.34. The molecule has 5 rings (SSSR count). The Kier molecular flexibility index (Phi) is 5.17. The van der Waals surface area contributed by atoms with E-state index >= 15 is 0 Å². The molecular weight excluding hydrogens is 382 g/mol. The van der Waals surface area contributed by atoms with E-state index in [1.54, 1.807) is 0 Å². The Hall–Kier alpha value is -3.59. The number of carbonyl (C=O) groups is 1. The summed E-state index contributed by atoms with van der Waals surface area (Å²) in [5.74, 6) is -0.982. The van der Waals surface area contributed by atoms with E-state index in [9.17, 15) is 9.90 Å². The number of carboxylic acid groups (broad SMARTS) is 1. The first-order valence-corrected chi connectivity index (χ1v) is 10.8. The first-order chi connectivity index (χ1) is 15.2. The molecule has 4 aromatic carbocycles. The second-order valence-corrected chi connectivity index (χ2v) is 8.34. The smallest absolute Gasteiger partial charge is 0.307 e. The van der Waals surface area contributed by atoms with Gasteiger partial charge in [0, 0.05) is 24.1 Å². The van der Waals surface area contributed by atoms with Gasteiger partial charge in [-0.3, -0.25) is 4.79 Å². The molecule has 1 aliphatic rings. The molecule has 0 heterocycles. The maximum Gasteiger partial charge on any atom is 0.307 e. The summed E-state index contributed by atoms with van der Waals surface area (Å²) in [6, 6.07) is 34.9. The Labute approximate surface area is 182 Å². The van der Waals surface area contributed by atoms with Gasteiger partial charge in [0.25, 0.3) is 0 Å². The third-order valence-electron chi connectivity index (χ3n) is 6.64. The molecule has 0 unspecified atom stereocenters. The summed E-state index contributed by atoms with van der Waals surface area (Å²) in [4.78, 5) is 12.3. The van der Waals surface area contributed by atoms with Crippen molar-refractivity contribution < 1.29 is 9.90 Å². The van der Waals surface area contributed by atoms with Crippen molar-refractivity contribution in [1.82, 2.24) is 0 Å². The van der Waals surface area contributed by atoms with Crippen LogP contribution in [0.4, 0.5) is 5.69 Å². The predicted octanol–water partition coefficient (Wildman–Crippen LogP) is 6.15. The fourth-order valence-electron chi connectivity index (χ4n) is 5.19. The lowest BCUT2D eigenvalue weighted by atomic mass is 9.52. The van der Waals surface area contributed by atoms with Gasteiger partial charge in [0.2, 0.25) is 0 Å². The van der Waals surface area contributed by atoms with Gasteiger partial charge in [0.1, 0.15) is 0 Å². The third kappa shape index (κ3) is 3.68. The number of hydrogen-bond acceptors (Lipinski definition) is 2. The lowest BCUT2D eigenvalue weighted by molar-refractivity contribution is -0.149. The molecule has 0 aliphatic heterocycles. The van der Waals surface area contributed by atoms with Crippen molar-refractivity contribution >= 4 is 22.4 Å². The van der Waals surface area contributed by atoms with E-state index in [-0.39, 0.29) is 17.8 Å². The van der Waals surface area contributed by atoms with Crippen LogP contribution in [0.25, 0.3) is 10.8 Å². The van der Waals surface area contributed by atoms with Crippen LogP contribution in [0.5, 0.6) is 0 Å². The molecule has 0 spiro atoms. The van der Waals surface area contributed by atoms with E-state index in [0.29, 0.717) is 0 Å². The van der Waals surface area contributed by atoms with Crippen molar-refractivity contribution in [3.63, 3.8) is 0 Å². The minimum Gasteiger partial charge on any atom is -0.481 e. The molecule has 0 amide bonds. The highest BCUT2D eigenvalue weighted by Gasteiger charge is 2.54. The summed E-state index contributed by atoms with van der Waals surface area (Å²) in [6.45, 7) is 0.723. The Bertz CT molecular complexity index is 1140. The molecule has 3 heteroatoms. The molecule has 2 N–H and O–H groups in total. The van der Waals surface area contributed by atoms with Crippen LogP contribution in [0.1, 0.15) is 23.0 Å². The first-order valence-electron chi connectivity index (χ1n) is 10.8. The predicted molar refractivity (Wildman–Crippen MR) is 125 cm³/mol. The van der Waals surface area contributed by atoms with E-state index < -0.39 is 11.9 Å². The third-order valence-corrected chi connectivity index (χ3v) is 6.64. The molecule has 0 saturated heterocycles. The van der Waals surface area contributed by atoms with Crippen LogP contribution in [-0.4, -0.2) is 17.6 Å². The van der Waals surface area contributed by atoms with Gasteiger partial charge in [-0.25, -0.2) is 0 Å². The van der Waals surface area contributed by atoms with Crippen molar-refractivity contribution in [1.29, 1.82) is 0 Å². The summed E-state index contributed by atoms with van der Waals surface area (Å²) in [6.07, 6.45) is 0. The molecule has 2 atom stereocenters. The first kappa shape index (κ1) is 19.4. The highest BCUT2D eigenvalue weighted by Crippen LogP contribution is 2.57. The largest absolute Gasteiger partial charge is 0.481 e. The number of fused-ring (bicyclic) bond motifs is 1.